The summed E-state index contributed by atoms with van der Waals surface area (Å²) in [5.74, 6) is -0.227. The van der Waals surface area contributed by atoms with Crippen molar-refractivity contribution in [1.82, 2.24) is 13.9 Å². The second kappa shape index (κ2) is 12.1. The molecule has 0 spiro atoms. The van der Waals surface area contributed by atoms with Gasteiger partial charge in [0, 0.05) is 45.8 Å². The first kappa shape index (κ1) is 31.1. The molecular formula is C33H30FN7O3S2. The van der Waals surface area contributed by atoms with Crippen molar-refractivity contribution in [3.63, 3.8) is 0 Å². The van der Waals surface area contributed by atoms with E-state index in [9.17, 15) is 24.0 Å². The largest absolute Gasteiger partial charge is 0.366 e. The van der Waals surface area contributed by atoms with Crippen molar-refractivity contribution in [2.75, 3.05) is 40.9 Å². The number of aromatic nitrogens is 3. The first-order valence-corrected chi connectivity index (χ1v) is 15.8. The molecule has 0 saturated carbocycles. The lowest BCUT2D eigenvalue weighted by atomic mass is 10.0. The maximum Gasteiger partial charge on any atom is 0.296 e. The molecule has 0 unspecified atom stereocenters. The highest BCUT2D eigenvalue weighted by Gasteiger charge is 2.38. The molecule has 2 saturated heterocycles. The fourth-order valence-electron chi connectivity index (χ4n) is 6.06. The summed E-state index contributed by atoms with van der Waals surface area (Å²) < 4.78 is 19.3. The van der Waals surface area contributed by atoms with Crippen LogP contribution in [-0.2, 0) is 18.9 Å². The van der Waals surface area contributed by atoms with E-state index in [1.807, 2.05) is 46.2 Å². The van der Waals surface area contributed by atoms with E-state index < -0.39 is 11.5 Å². The van der Waals surface area contributed by atoms with E-state index in [1.54, 1.807) is 56.9 Å². The van der Waals surface area contributed by atoms with Gasteiger partial charge in [0.05, 0.1) is 22.0 Å². The number of para-hydroxylation sites is 2. The zero-order chi connectivity index (χ0) is 32.9. The zero-order valence-electron chi connectivity index (χ0n) is 25.7. The molecule has 0 N–H and O–H groups in total. The van der Waals surface area contributed by atoms with Crippen LogP contribution in [0.5, 0.6) is 0 Å². The van der Waals surface area contributed by atoms with Gasteiger partial charge in [0.15, 0.2) is 4.32 Å². The summed E-state index contributed by atoms with van der Waals surface area (Å²) in [6.45, 7) is 5.38. The second-order valence-corrected chi connectivity index (χ2v) is 12.7. The molecule has 1 amide bonds. The van der Waals surface area contributed by atoms with Crippen LogP contribution in [0, 0.1) is 31.0 Å². The van der Waals surface area contributed by atoms with E-state index in [2.05, 4.69) is 0 Å². The highest BCUT2D eigenvalue weighted by molar-refractivity contribution is 8.27. The Morgan fingerprint density at radius 3 is 2.20 bits per heavy atom. The first-order chi connectivity index (χ1) is 22.0. The Morgan fingerprint density at radius 1 is 0.913 bits per heavy atom. The molecule has 2 fully saturated rings. The number of rotatable bonds is 5. The lowest BCUT2D eigenvalue weighted by molar-refractivity contribution is -0.113. The Bertz CT molecular complexity index is 2100. The van der Waals surface area contributed by atoms with Crippen LogP contribution in [-0.4, -0.2) is 50.3 Å². The highest BCUT2D eigenvalue weighted by atomic mass is 32.2. The number of carbonyl (C=O) groups is 1. The molecule has 2 aromatic carbocycles. The molecule has 2 aliphatic heterocycles. The number of anilines is 3. The molecule has 2 aliphatic rings. The lowest BCUT2D eigenvalue weighted by Gasteiger charge is -2.38. The third-order valence-corrected chi connectivity index (χ3v) is 9.86. The third kappa shape index (κ3) is 5.03. The quantitative estimate of drug-likeness (QED) is 0.233. The van der Waals surface area contributed by atoms with E-state index in [1.165, 1.54) is 20.2 Å². The van der Waals surface area contributed by atoms with Crippen molar-refractivity contribution < 1.29 is 9.18 Å². The smallest absolute Gasteiger partial charge is 0.296 e. The summed E-state index contributed by atoms with van der Waals surface area (Å²) in [4.78, 5) is 46.5. The van der Waals surface area contributed by atoms with Crippen LogP contribution in [0.4, 0.5) is 21.6 Å². The van der Waals surface area contributed by atoms with Gasteiger partial charge in [-0.3, -0.25) is 28.5 Å². The van der Waals surface area contributed by atoms with Crippen LogP contribution in [0.1, 0.15) is 22.4 Å². The van der Waals surface area contributed by atoms with Gasteiger partial charge in [-0.25, -0.2) is 9.07 Å². The standard InChI is InChI=1S/C33H30FN7O3S2/c1-20-23(29(36(3)30(42)24(20)19-35)39-16-14-38(15-17-39)26-13-9-8-12-25(26)34)18-27-31(43)40(33(45)46-27)28-21(2)37(4)41(32(28)44)22-10-6-5-7-11-22/h5-13,18H,14-17H2,1-4H3/b27-18-. The van der Waals surface area contributed by atoms with Crippen molar-refractivity contribution in [1.29, 1.82) is 5.26 Å². The number of thiocarbonyl (C=S) groups is 1. The fraction of sp³-hybridized carbons (Fsp3) is 0.242. The fourth-order valence-corrected chi connectivity index (χ4v) is 7.32. The van der Waals surface area contributed by atoms with Crippen LogP contribution in [0.25, 0.3) is 11.8 Å². The first-order valence-electron chi connectivity index (χ1n) is 14.5. The Balaban J connectivity index is 1.40. The summed E-state index contributed by atoms with van der Waals surface area (Å²) in [7, 11) is 3.35. The third-order valence-electron chi connectivity index (χ3n) is 8.56. The number of thioether (sulfide) groups is 1. The minimum Gasteiger partial charge on any atom is -0.366 e. The minimum absolute atomic E-state index is 0.0253. The summed E-state index contributed by atoms with van der Waals surface area (Å²) in [5, 5.41) is 9.88. The number of nitriles is 1. The Kier molecular flexibility index (Phi) is 8.18. The average molecular weight is 656 g/mol. The van der Waals surface area contributed by atoms with E-state index >= 15 is 0 Å². The van der Waals surface area contributed by atoms with Gasteiger partial charge in [-0.2, -0.15) is 5.26 Å². The van der Waals surface area contributed by atoms with Crippen molar-refractivity contribution >= 4 is 57.5 Å². The molecule has 4 heterocycles. The molecule has 0 bridgehead atoms. The number of nitrogens with zero attached hydrogens (tertiary/aromatic N) is 7. The van der Waals surface area contributed by atoms with Crippen molar-refractivity contribution in [2.24, 2.45) is 14.1 Å². The Labute approximate surface area is 274 Å². The Hall–Kier alpha value is -4.93. The van der Waals surface area contributed by atoms with E-state index in [-0.39, 0.29) is 31.9 Å². The predicted molar refractivity (Wildman–Crippen MR) is 183 cm³/mol. The number of halogens is 1. The van der Waals surface area contributed by atoms with Crippen molar-refractivity contribution in [3.8, 4) is 11.8 Å². The number of carbonyl (C=O) groups excluding carboxylic acids is 1. The Morgan fingerprint density at radius 2 is 1.54 bits per heavy atom. The molecular weight excluding hydrogens is 626 g/mol. The van der Waals surface area contributed by atoms with Crippen LogP contribution in [0.3, 0.4) is 0 Å². The molecule has 0 atom stereocenters. The summed E-state index contributed by atoms with van der Waals surface area (Å²) >= 11 is 6.71. The second-order valence-electron chi connectivity index (χ2n) is 11.1. The molecule has 234 valence electrons. The molecule has 2 aromatic heterocycles. The summed E-state index contributed by atoms with van der Waals surface area (Å²) in [6, 6.07) is 17.8. The lowest BCUT2D eigenvalue weighted by Crippen LogP contribution is -2.48. The van der Waals surface area contributed by atoms with Gasteiger partial charge in [0.2, 0.25) is 0 Å². The zero-order valence-corrected chi connectivity index (χ0v) is 27.3. The predicted octanol–water partition coefficient (Wildman–Crippen LogP) is 4.23. The summed E-state index contributed by atoms with van der Waals surface area (Å²) in [5.41, 5.74) is 1.99. The van der Waals surface area contributed by atoms with Crippen LogP contribution >= 0.6 is 24.0 Å². The number of benzene rings is 2. The minimum atomic E-state index is -0.469. The topological polar surface area (TPSA) is 99.5 Å². The maximum absolute atomic E-state index is 14.5. The normalized spacial score (nSPS) is 16.1. The molecule has 0 aliphatic carbocycles. The van der Waals surface area contributed by atoms with Gasteiger partial charge in [0.25, 0.3) is 17.0 Å². The van der Waals surface area contributed by atoms with E-state index in [0.717, 1.165) is 11.8 Å². The molecule has 46 heavy (non-hydrogen) atoms. The maximum atomic E-state index is 14.5. The average Bonchev–Trinajstić information content (AvgIpc) is 3.45. The van der Waals surface area contributed by atoms with Gasteiger partial charge in [0.1, 0.15) is 29.0 Å². The molecule has 13 heteroatoms. The van der Waals surface area contributed by atoms with Gasteiger partial charge >= 0.3 is 0 Å². The SMILES string of the molecule is Cc1c(/C=C2\SC(=S)N(c3c(C)n(C)n(-c4ccccc4)c3=O)C2=O)c(N2CCN(c3ccccc3F)CC2)n(C)c(=O)c1C#N. The van der Waals surface area contributed by atoms with Gasteiger partial charge in [-0.1, -0.05) is 54.3 Å². The number of hydrogen-bond acceptors (Lipinski definition) is 8. The molecule has 10 nitrogen and oxygen atoms in total. The number of hydrogen-bond donors (Lipinski definition) is 0. The van der Waals surface area contributed by atoms with E-state index in [4.69, 9.17) is 12.2 Å². The number of pyridine rings is 1. The number of amides is 1. The van der Waals surface area contributed by atoms with Crippen LogP contribution < -0.4 is 25.8 Å². The monoisotopic (exact) mass is 655 g/mol. The molecule has 6 rings (SSSR count). The summed E-state index contributed by atoms with van der Waals surface area (Å²) in [6.07, 6.45) is 1.65. The van der Waals surface area contributed by atoms with Gasteiger partial charge in [-0.05, 0) is 49.8 Å². The highest BCUT2D eigenvalue weighted by Crippen LogP contribution is 2.38. The van der Waals surface area contributed by atoms with Gasteiger partial charge < -0.3 is 9.80 Å². The van der Waals surface area contributed by atoms with Crippen LogP contribution in [0.2, 0.25) is 0 Å². The van der Waals surface area contributed by atoms with Crippen molar-refractivity contribution in [3.05, 3.63) is 108 Å². The van der Waals surface area contributed by atoms with Gasteiger partial charge in [-0.15, -0.1) is 0 Å². The van der Waals surface area contributed by atoms with E-state index in [0.29, 0.717) is 60.2 Å². The van der Waals surface area contributed by atoms with Crippen molar-refractivity contribution in [2.45, 2.75) is 13.8 Å². The molecule has 4 aromatic rings. The number of piperazine rings is 1. The molecule has 0 radical (unpaired) electrons. The van der Waals surface area contributed by atoms with Crippen LogP contribution in [0.15, 0.2) is 69.1 Å².